The molecule has 0 aliphatic rings. The molecule has 4 N–H and O–H groups in total. The van der Waals surface area contributed by atoms with Crippen LogP contribution in [0, 0.1) is 20.8 Å². The van der Waals surface area contributed by atoms with E-state index in [-0.39, 0.29) is 6.54 Å². The normalized spacial score (nSPS) is 12.1. The second-order valence-electron chi connectivity index (χ2n) is 4.27. The molecular formula is C13H20N2O3. The lowest BCUT2D eigenvalue weighted by atomic mass is 10.0. The molecule has 0 spiro atoms. The van der Waals surface area contributed by atoms with Crippen LogP contribution in [-0.2, 0) is 4.79 Å². The Balaban J connectivity index is 3.08. The molecule has 1 aromatic carbocycles. The summed E-state index contributed by atoms with van der Waals surface area (Å²) < 4.78 is 5.30. The van der Waals surface area contributed by atoms with Gasteiger partial charge in [-0.25, -0.2) is 0 Å². The van der Waals surface area contributed by atoms with Gasteiger partial charge in [0.05, 0.1) is 7.11 Å². The fraction of sp³-hybridized carbons (Fsp3) is 0.462. The minimum absolute atomic E-state index is 0.0982. The van der Waals surface area contributed by atoms with Gasteiger partial charge in [0.25, 0.3) is 5.91 Å². The molecule has 1 amide bonds. The van der Waals surface area contributed by atoms with Gasteiger partial charge < -0.3 is 20.9 Å². The first-order chi connectivity index (χ1) is 8.42. The van der Waals surface area contributed by atoms with Crippen LogP contribution in [-0.4, -0.2) is 30.8 Å². The number of aryl methyl sites for hydroxylation is 1. The van der Waals surface area contributed by atoms with E-state index in [4.69, 9.17) is 10.5 Å². The minimum atomic E-state index is -1.19. The highest BCUT2D eigenvalue weighted by Crippen LogP contribution is 2.31. The molecule has 0 bridgehead atoms. The fourth-order valence-corrected chi connectivity index (χ4v) is 1.83. The Morgan fingerprint density at radius 1 is 1.44 bits per heavy atom. The van der Waals surface area contributed by atoms with Crippen LogP contribution in [0.2, 0.25) is 0 Å². The number of benzene rings is 1. The summed E-state index contributed by atoms with van der Waals surface area (Å²) in [5, 5.41) is 12.0. The Kier molecular flexibility index (Phi) is 4.69. The van der Waals surface area contributed by atoms with E-state index in [0.29, 0.717) is 5.69 Å². The first-order valence-corrected chi connectivity index (χ1v) is 5.76. The number of nitrogens with two attached hydrogens (primary N) is 1. The molecule has 100 valence electrons. The zero-order valence-electron chi connectivity index (χ0n) is 11.2. The fourth-order valence-electron chi connectivity index (χ4n) is 1.83. The van der Waals surface area contributed by atoms with Crippen LogP contribution in [0.5, 0.6) is 5.75 Å². The van der Waals surface area contributed by atoms with E-state index in [1.165, 1.54) is 0 Å². The van der Waals surface area contributed by atoms with Gasteiger partial charge in [0.15, 0.2) is 0 Å². The van der Waals surface area contributed by atoms with Gasteiger partial charge in [-0.15, -0.1) is 0 Å². The lowest BCUT2D eigenvalue weighted by Gasteiger charge is -2.17. The molecule has 0 saturated heterocycles. The van der Waals surface area contributed by atoms with Crippen molar-refractivity contribution in [2.24, 2.45) is 5.73 Å². The van der Waals surface area contributed by atoms with Crippen molar-refractivity contribution in [1.82, 2.24) is 0 Å². The maximum Gasteiger partial charge on any atom is 0.254 e. The predicted octanol–water partition coefficient (Wildman–Crippen LogP) is 0.879. The Hall–Kier alpha value is -1.59. The number of nitrogens with one attached hydrogen (secondary N) is 1. The van der Waals surface area contributed by atoms with Gasteiger partial charge in [0.2, 0.25) is 0 Å². The third kappa shape index (κ3) is 2.80. The van der Waals surface area contributed by atoms with Crippen molar-refractivity contribution in [2.75, 3.05) is 19.0 Å². The van der Waals surface area contributed by atoms with Crippen LogP contribution in [0.4, 0.5) is 5.69 Å². The number of rotatable bonds is 4. The summed E-state index contributed by atoms with van der Waals surface area (Å²) in [7, 11) is 1.62. The van der Waals surface area contributed by atoms with E-state index in [1.54, 1.807) is 7.11 Å². The molecule has 0 aliphatic carbocycles. The van der Waals surface area contributed by atoms with Gasteiger partial charge in [-0.1, -0.05) is 0 Å². The predicted molar refractivity (Wildman–Crippen MR) is 70.9 cm³/mol. The van der Waals surface area contributed by atoms with Gasteiger partial charge in [0.1, 0.15) is 11.9 Å². The van der Waals surface area contributed by atoms with E-state index in [2.05, 4.69) is 5.32 Å². The quantitative estimate of drug-likeness (QED) is 0.742. The molecular weight excluding hydrogens is 232 g/mol. The third-order valence-corrected chi connectivity index (χ3v) is 3.01. The highest BCUT2D eigenvalue weighted by molar-refractivity contribution is 5.95. The summed E-state index contributed by atoms with van der Waals surface area (Å²) in [5.41, 5.74) is 8.72. The lowest BCUT2D eigenvalue weighted by Crippen LogP contribution is -2.34. The number of amides is 1. The van der Waals surface area contributed by atoms with Crippen molar-refractivity contribution < 1.29 is 14.6 Å². The second-order valence-corrected chi connectivity index (χ2v) is 4.27. The maximum atomic E-state index is 11.6. The molecule has 0 aliphatic heterocycles. The van der Waals surface area contributed by atoms with E-state index >= 15 is 0 Å². The van der Waals surface area contributed by atoms with Crippen LogP contribution >= 0.6 is 0 Å². The first kappa shape index (κ1) is 14.5. The van der Waals surface area contributed by atoms with Crippen molar-refractivity contribution in [1.29, 1.82) is 0 Å². The molecule has 0 radical (unpaired) electrons. The average Bonchev–Trinajstić information content (AvgIpc) is 2.35. The molecule has 0 fully saturated rings. The summed E-state index contributed by atoms with van der Waals surface area (Å²) in [6, 6.07) is 1.82. The largest absolute Gasteiger partial charge is 0.496 e. The zero-order chi connectivity index (χ0) is 13.9. The molecule has 0 heterocycles. The van der Waals surface area contributed by atoms with Crippen LogP contribution in [0.25, 0.3) is 0 Å². The molecule has 0 aromatic heterocycles. The number of carbonyl (C=O) groups excluding carboxylic acids is 1. The summed E-state index contributed by atoms with van der Waals surface area (Å²) >= 11 is 0. The van der Waals surface area contributed by atoms with Gasteiger partial charge in [-0.2, -0.15) is 0 Å². The number of aliphatic hydroxyl groups excluding tert-OH is 1. The summed E-state index contributed by atoms with van der Waals surface area (Å²) in [5.74, 6) is 0.314. The molecule has 5 heteroatoms. The Labute approximate surface area is 107 Å². The standard InChI is InChI=1S/C13H20N2O3/c1-7-5-10(15-13(17)11(16)6-14)8(2)9(3)12(7)18-4/h5,11,16H,6,14H2,1-4H3,(H,15,17). The van der Waals surface area contributed by atoms with E-state index in [9.17, 15) is 9.90 Å². The number of aliphatic hydroxyl groups is 1. The third-order valence-electron chi connectivity index (χ3n) is 3.01. The molecule has 0 saturated carbocycles. The van der Waals surface area contributed by atoms with Crippen molar-refractivity contribution >= 4 is 11.6 Å². The minimum Gasteiger partial charge on any atom is -0.496 e. The van der Waals surface area contributed by atoms with Crippen LogP contribution in [0.1, 0.15) is 16.7 Å². The number of hydrogen-bond acceptors (Lipinski definition) is 4. The van der Waals surface area contributed by atoms with Gasteiger partial charge >= 0.3 is 0 Å². The van der Waals surface area contributed by atoms with Crippen LogP contribution < -0.4 is 15.8 Å². The Bertz CT molecular complexity index is 458. The van der Waals surface area contributed by atoms with Crippen molar-refractivity contribution in [3.8, 4) is 5.75 Å². The summed E-state index contributed by atoms with van der Waals surface area (Å²) in [4.78, 5) is 11.6. The first-order valence-electron chi connectivity index (χ1n) is 5.76. The SMILES string of the molecule is COc1c(C)cc(NC(=O)C(O)CN)c(C)c1C. The highest BCUT2D eigenvalue weighted by Gasteiger charge is 2.16. The summed E-state index contributed by atoms with van der Waals surface area (Å²) in [6.45, 7) is 5.62. The zero-order valence-corrected chi connectivity index (χ0v) is 11.2. The smallest absolute Gasteiger partial charge is 0.254 e. The Morgan fingerprint density at radius 3 is 2.56 bits per heavy atom. The van der Waals surface area contributed by atoms with E-state index in [0.717, 1.165) is 22.4 Å². The van der Waals surface area contributed by atoms with Gasteiger partial charge in [-0.05, 0) is 43.5 Å². The monoisotopic (exact) mass is 252 g/mol. The number of methoxy groups -OCH3 is 1. The maximum absolute atomic E-state index is 11.6. The summed E-state index contributed by atoms with van der Waals surface area (Å²) in [6.07, 6.45) is -1.19. The number of hydrogen-bond donors (Lipinski definition) is 3. The van der Waals surface area contributed by atoms with Crippen molar-refractivity contribution in [3.63, 3.8) is 0 Å². The molecule has 1 rings (SSSR count). The average molecular weight is 252 g/mol. The Morgan fingerprint density at radius 2 is 2.06 bits per heavy atom. The van der Waals surface area contributed by atoms with E-state index in [1.807, 2.05) is 26.8 Å². The van der Waals surface area contributed by atoms with Crippen LogP contribution in [0.3, 0.4) is 0 Å². The van der Waals surface area contributed by atoms with E-state index < -0.39 is 12.0 Å². The molecule has 1 aromatic rings. The van der Waals surface area contributed by atoms with Crippen molar-refractivity contribution in [2.45, 2.75) is 26.9 Å². The van der Waals surface area contributed by atoms with Crippen molar-refractivity contribution in [3.05, 3.63) is 22.8 Å². The number of ether oxygens (including phenoxy) is 1. The molecule has 18 heavy (non-hydrogen) atoms. The molecule has 1 unspecified atom stereocenters. The van der Waals surface area contributed by atoms with Crippen LogP contribution in [0.15, 0.2) is 6.07 Å². The number of anilines is 1. The topological polar surface area (TPSA) is 84.6 Å². The molecule has 5 nitrogen and oxygen atoms in total. The molecule has 1 atom stereocenters. The van der Waals surface area contributed by atoms with Gasteiger partial charge in [0, 0.05) is 12.2 Å². The number of carbonyl (C=O) groups is 1. The van der Waals surface area contributed by atoms with Gasteiger partial charge in [-0.3, -0.25) is 4.79 Å². The second kappa shape index (κ2) is 5.84. The lowest BCUT2D eigenvalue weighted by molar-refractivity contribution is -0.123. The highest BCUT2D eigenvalue weighted by atomic mass is 16.5.